The van der Waals surface area contributed by atoms with Crippen molar-refractivity contribution in [3.05, 3.63) is 29.8 Å². The summed E-state index contributed by atoms with van der Waals surface area (Å²) in [6, 6.07) is 7.65. The maximum atomic E-state index is 11.9. The molecule has 2 N–H and O–H groups in total. The Balaban J connectivity index is 1.90. The molecule has 27 heavy (non-hydrogen) atoms. The van der Waals surface area contributed by atoms with E-state index in [9.17, 15) is 4.79 Å². The zero-order valence-corrected chi connectivity index (χ0v) is 17.5. The summed E-state index contributed by atoms with van der Waals surface area (Å²) in [5.74, 6) is 0.514. The Bertz CT molecular complexity index is 470. The van der Waals surface area contributed by atoms with Crippen molar-refractivity contribution in [3.63, 3.8) is 0 Å². The van der Waals surface area contributed by atoms with Crippen LogP contribution in [0.15, 0.2) is 24.3 Å². The molecule has 1 rings (SSSR count). The number of carbonyl (C=O) groups excluding carboxylic acids is 1. The van der Waals surface area contributed by atoms with Gasteiger partial charge in [-0.25, -0.2) is 0 Å². The van der Waals surface area contributed by atoms with Crippen LogP contribution in [-0.2, 0) is 11.2 Å². The van der Waals surface area contributed by atoms with Gasteiger partial charge in [0.1, 0.15) is 5.75 Å². The van der Waals surface area contributed by atoms with Crippen molar-refractivity contribution >= 4 is 5.97 Å². The quantitative estimate of drug-likeness (QED) is 0.190. The fourth-order valence-electron chi connectivity index (χ4n) is 3.36. The van der Waals surface area contributed by atoms with Gasteiger partial charge in [0.25, 0.3) is 0 Å². The van der Waals surface area contributed by atoms with Crippen LogP contribution in [0.1, 0.15) is 102 Å². The number of nitrogens with two attached hydrogens (primary N) is 1. The molecule has 3 heteroatoms. The zero-order valence-electron chi connectivity index (χ0n) is 17.5. The minimum Gasteiger partial charge on any atom is -0.427 e. The lowest BCUT2D eigenvalue weighted by Gasteiger charge is -2.06. The number of hydrogen-bond donors (Lipinski definition) is 1. The average molecular weight is 376 g/mol. The number of hydrogen-bond acceptors (Lipinski definition) is 3. The lowest BCUT2D eigenvalue weighted by atomic mass is 10.0. The number of unbranched alkanes of at least 4 members (excludes halogenated alkanes) is 12. The molecule has 0 aliphatic heterocycles. The fourth-order valence-corrected chi connectivity index (χ4v) is 3.36. The van der Waals surface area contributed by atoms with E-state index >= 15 is 0 Å². The van der Waals surface area contributed by atoms with Crippen molar-refractivity contribution in [2.24, 2.45) is 5.73 Å². The third kappa shape index (κ3) is 13.5. The van der Waals surface area contributed by atoms with Crippen molar-refractivity contribution in [3.8, 4) is 5.75 Å². The largest absolute Gasteiger partial charge is 0.427 e. The van der Waals surface area contributed by atoms with Crippen molar-refractivity contribution in [1.29, 1.82) is 0 Å². The molecule has 0 atom stereocenters. The van der Waals surface area contributed by atoms with E-state index in [1.54, 1.807) is 0 Å². The van der Waals surface area contributed by atoms with Crippen LogP contribution in [0.3, 0.4) is 0 Å². The molecule has 0 radical (unpaired) electrons. The third-order valence-corrected chi connectivity index (χ3v) is 5.07. The average Bonchev–Trinajstić information content (AvgIpc) is 2.67. The van der Waals surface area contributed by atoms with Crippen molar-refractivity contribution in [1.82, 2.24) is 0 Å². The molecule has 3 nitrogen and oxygen atoms in total. The lowest BCUT2D eigenvalue weighted by Crippen LogP contribution is -2.07. The Morgan fingerprint density at radius 3 is 1.74 bits per heavy atom. The zero-order chi connectivity index (χ0) is 19.6. The highest BCUT2D eigenvalue weighted by Crippen LogP contribution is 2.15. The summed E-state index contributed by atoms with van der Waals surface area (Å²) in [5, 5.41) is 0. The Hall–Kier alpha value is -1.35. The highest BCUT2D eigenvalue weighted by Gasteiger charge is 2.05. The van der Waals surface area contributed by atoms with E-state index in [1.165, 1.54) is 76.2 Å². The van der Waals surface area contributed by atoms with Gasteiger partial charge in [-0.15, -0.1) is 0 Å². The maximum Gasteiger partial charge on any atom is 0.311 e. The molecule has 1 aromatic carbocycles. The topological polar surface area (TPSA) is 52.3 Å². The minimum atomic E-state index is -0.121. The van der Waals surface area contributed by atoms with Crippen molar-refractivity contribution in [2.45, 2.75) is 103 Å². The molecule has 0 saturated heterocycles. The Morgan fingerprint density at radius 1 is 0.778 bits per heavy atom. The predicted molar refractivity (Wildman–Crippen MR) is 115 cm³/mol. The maximum absolute atomic E-state index is 11.9. The number of esters is 1. The first kappa shape index (κ1) is 23.7. The molecule has 0 aliphatic rings. The van der Waals surface area contributed by atoms with Gasteiger partial charge in [-0.05, 0) is 37.1 Å². The highest BCUT2D eigenvalue weighted by atomic mass is 16.5. The summed E-state index contributed by atoms with van der Waals surface area (Å²) < 4.78 is 5.38. The van der Waals surface area contributed by atoms with Crippen LogP contribution in [-0.4, -0.2) is 12.5 Å². The molecule has 0 aromatic heterocycles. The number of benzene rings is 1. The van der Waals surface area contributed by atoms with Crippen LogP contribution in [0, 0.1) is 0 Å². The van der Waals surface area contributed by atoms with Gasteiger partial charge in [0, 0.05) is 6.42 Å². The van der Waals surface area contributed by atoms with E-state index in [4.69, 9.17) is 10.5 Å². The normalized spacial score (nSPS) is 10.9. The highest BCUT2D eigenvalue weighted by molar-refractivity contribution is 5.72. The summed E-state index contributed by atoms with van der Waals surface area (Å²) in [6.45, 7) is 2.91. The van der Waals surface area contributed by atoms with E-state index in [1.807, 2.05) is 24.3 Å². The molecular formula is C24H41NO2. The first-order chi connectivity index (χ1) is 13.3. The number of carbonyl (C=O) groups is 1. The van der Waals surface area contributed by atoms with Crippen LogP contribution >= 0.6 is 0 Å². The van der Waals surface area contributed by atoms with Gasteiger partial charge in [-0.2, -0.15) is 0 Å². The summed E-state index contributed by atoms with van der Waals surface area (Å²) in [5.41, 5.74) is 6.71. The van der Waals surface area contributed by atoms with Gasteiger partial charge in [0.05, 0.1) is 0 Å². The Morgan fingerprint density at radius 2 is 1.26 bits per heavy atom. The SMILES string of the molecule is CCCCCCCCCCCCCCCC(=O)Oc1ccc(CCN)cc1. The smallest absolute Gasteiger partial charge is 0.311 e. The monoisotopic (exact) mass is 375 g/mol. The fraction of sp³-hybridized carbons (Fsp3) is 0.708. The Kier molecular flexibility index (Phi) is 14.7. The molecule has 0 unspecified atom stereocenters. The van der Waals surface area contributed by atoms with Gasteiger partial charge in [-0.1, -0.05) is 96.1 Å². The van der Waals surface area contributed by atoms with Gasteiger partial charge in [0.2, 0.25) is 0 Å². The predicted octanol–water partition coefficient (Wildman–Crippen LogP) is 6.57. The van der Waals surface area contributed by atoms with Crippen LogP contribution in [0.5, 0.6) is 5.75 Å². The summed E-state index contributed by atoms with van der Waals surface area (Å²) in [4.78, 5) is 11.9. The van der Waals surface area contributed by atoms with Gasteiger partial charge < -0.3 is 10.5 Å². The van der Waals surface area contributed by atoms with Crippen molar-refractivity contribution < 1.29 is 9.53 Å². The molecule has 1 aromatic rings. The molecule has 0 spiro atoms. The van der Waals surface area contributed by atoms with E-state index in [0.717, 1.165) is 19.3 Å². The molecule has 154 valence electrons. The lowest BCUT2D eigenvalue weighted by molar-refractivity contribution is -0.134. The third-order valence-electron chi connectivity index (χ3n) is 5.07. The molecule has 0 amide bonds. The minimum absolute atomic E-state index is 0.121. The van der Waals surface area contributed by atoms with E-state index in [-0.39, 0.29) is 5.97 Å². The Labute approximate surface area is 167 Å². The van der Waals surface area contributed by atoms with E-state index < -0.39 is 0 Å². The number of rotatable bonds is 17. The van der Waals surface area contributed by atoms with E-state index in [0.29, 0.717) is 18.7 Å². The second-order valence-electron chi connectivity index (χ2n) is 7.65. The van der Waals surface area contributed by atoms with Crippen LogP contribution in [0.25, 0.3) is 0 Å². The standard InChI is InChI=1S/C24H41NO2/c1-2-3-4-5-6-7-8-9-10-11-12-13-14-15-24(26)27-23-18-16-22(17-19-23)20-21-25/h16-19H,2-15,20-21,25H2,1H3. The first-order valence-corrected chi connectivity index (χ1v) is 11.3. The first-order valence-electron chi connectivity index (χ1n) is 11.3. The molecule has 0 aliphatic carbocycles. The van der Waals surface area contributed by atoms with Gasteiger partial charge >= 0.3 is 5.97 Å². The molecule has 0 bridgehead atoms. The second kappa shape index (κ2) is 16.8. The van der Waals surface area contributed by atoms with Crippen LogP contribution in [0.2, 0.25) is 0 Å². The molecule has 0 fully saturated rings. The summed E-state index contributed by atoms with van der Waals surface area (Å²) in [7, 11) is 0. The van der Waals surface area contributed by atoms with Crippen LogP contribution < -0.4 is 10.5 Å². The van der Waals surface area contributed by atoms with Crippen LogP contribution in [0.4, 0.5) is 0 Å². The summed E-state index contributed by atoms with van der Waals surface area (Å²) in [6.07, 6.45) is 18.5. The summed E-state index contributed by atoms with van der Waals surface area (Å²) >= 11 is 0. The molecule has 0 heterocycles. The molecule has 0 saturated carbocycles. The van der Waals surface area contributed by atoms with Crippen molar-refractivity contribution in [2.75, 3.05) is 6.54 Å². The number of ether oxygens (including phenoxy) is 1. The second-order valence-corrected chi connectivity index (χ2v) is 7.65. The van der Waals surface area contributed by atoms with Gasteiger partial charge in [-0.3, -0.25) is 4.79 Å². The van der Waals surface area contributed by atoms with Gasteiger partial charge in [0.15, 0.2) is 0 Å². The molecular weight excluding hydrogens is 334 g/mol. The van der Waals surface area contributed by atoms with E-state index in [2.05, 4.69) is 6.92 Å².